The molecule has 0 radical (unpaired) electrons. The Hall–Kier alpha value is -2.77. The zero-order valence-corrected chi connectivity index (χ0v) is 14.9. The van der Waals surface area contributed by atoms with E-state index in [4.69, 9.17) is 5.10 Å². The topological polar surface area (TPSA) is 75.3 Å². The van der Waals surface area contributed by atoms with Crippen molar-refractivity contribution in [3.05, 3.63) is 36.0 Å². The molecule has 5 rings (SSSR count). The van der Waals surface area contributed by atoms with Gasteiger partial charge in [0.05, 0.1) is 0 Å². The molecule has 0 unspecified atom stereocenters. The van der Waals surface area contributed by atoms with E-state index in [1.54, 1.807) is 0 Å². The van der Waals surface area contributed by atoms with Crippen LogP contribution in [0.5, 0.6) is 0 Å². The van der Waals surface area contributed by atoms with Crippen LogP contribution in [0.1, 0.15) is 36.8 Å². The molecule has 0 spiro atoms. The molecule has 0 aromatic carbocycles. The Kier molecular flexibility index (Phi) is 3.69. The third kappa shape index (κ3) is 2.65. The molecule has 8 heteroatoms. The monoisotopic (exact) mass is 350 g/mol. The number of hydrogen-bond acceptors (Lipinski definition) is 7. The Morgan fingerprint density at radius 2 is 1.73 bits per heavy atom. The van der Waals surface area contributed by atoms with Gasteiger partial charge in [0.1, 0.15) is 17.5 Å². The zero-order chi connectivity index (χ0) is 17.5. The van der Waals surface area contributed by atoms with Crippen LogP contribution in [-0.4, -0.2) is 56.0 Å². The van der Waals surface area contributed by atoms with Crippen molar-refractivity contribution in [2.75, 3.05) is 36.0 Å². The van der Waals surface area contributed by atoms with E-state index in [1.807, 2.05) is 35.8 Å². The summed E-state index contributed by atoms with van der Waals surface area (Å²) in [5, 5.41) is 13.6. The van der Waals surface area contributed by atoms with Gasteiger partial charge in [0.2, 0.25) is 0 Å². The number of hydrogen-bond donors (Lipinski definition) is 0. The average Bonchev–Trinajstić information content (AvgIpc) is 3.04. The summed E-state index contributed by atoms with van der Waals surface area (Å²) in [6.07, 6.45) is 5.13. The van der Waals surface area contributed by atoms with Crippen LogP contribution in [0.15, 0.2) is 24.4 Å². The maximum atomic E-state index is 4.80. The minimum absolute atomic E-state index is 0.378. The molecule has 0 aliphatic carbocycles. The summed E-state index contributed by atoms with van der Waals surface area (Å²) in [5.41, 5.74) is 0.832. The van der Waals surface area contributed by atoms with Crippen molar-refractivity contribution in [1.29, 1.82) is 0 Å². The highest BCUT2D eigenvalue weighted by Gasteiger charge is 2.26. The maximum absolute atomic E-state index is 4.80. The fraction of sp³-hybridized carbons (Fsp3) is 0.500. The number of anilines is 2. The fourth-order valence-corrected chi connectivity index (χ4v) is 3.75. The van der Waals surface area contributed by atoms with Gasteiger partial charge in [0, 0.05) is 38.3 Å². The van der Waals surface area contributed by atoms with Crippen LogP contribution < -0.4 is 9.80 Å². The van der Waals surface area contributed by atoms with E-state index in [-0.39, 0.29) is 0 Å². The van der Waals surface area contributed by atoms with Gasteiger partial charge in [-0.15, -0.1) is 15.3 Å². The average molecular weight is 350 g/mol. The Morgan fingerprint density at radius 3 is 2.46 bits per heavy atom. The number of rotatable bonds is 3. The second kappa shape index (κ2) is 6.19. The Bertz CT molecular complexity index is 924. The van der Waals surface area contributed by atoms with Crippen LogP contribution in [0.25, 0.3) is 5.65 Å². The van der Waals surface area contributed by atoms with Crippen molar-refractivity contribution in [3.63, 3.8) is 0 Å². The van der Waals surface area contributed by atoms with Crippen LogP contribution in [0.2, 0.25) is 0 Å². The highest BCUT2D eigenvalue weighted by Crippen LogP contribution is 2.29. The minimum atomic E-state index is 0.378. The molecular formula is C18H22N8. The first kappa shape index (κ1) is 15.5. The molecule has 5 heterocycles. The second-order valence-corrected chi connectivity index (χ2v) is 7.08. The number of fused-ring (bicyclic) bond motifs is 1. The predicted molar refractivity (Wildman–Crippen MR) is 98.6 cm³/mol. The van der Waals surface area contributed by atoms with Crippen LogP contribution in [0, 0.1) is 6.92 Å². The number of aromatic nitrogens is 6. The molecule has 0 amide bonds. The second-order valence-electron chi connectivity index (χ2n) is 7.08. The first-order valence-electron chi connectivity index (χ1n) is 9.30. The Morgan fingerprint density at radius 1 is 0.923 bits per heavy atom. The van der Waals surface area contributed by atoms with Gasteiger partial charge in [-0.2, -0.15) is 4.52 Å². The van der Waals surface area contributed by atoms with Gasteiger partial charge in [-0.25, -0.2) is 9.97 Å². The molecular weight excluding hydrogens is 328 g/mol. The molecule has 0 saturated carbocycles. The molecule has 26 heavy (non-hydrogen) atoms. The molecule has 0 bridgehead atoms. The molecule has 0 N–H and O–H groups in total. The summed E-state index contributed by atoms with van der Waals surface area (Å²) >= 11 is 0. The smallest absolute Gasteiger partial charge is 0.178 e. The minimum Gasteiger partial charge on any atom is -0.356 e. The maximum Gasteiger partial charge on any atom is 0.178 e. The van der Waals surface area contributed by atoms with Gasteiger partial charge in [-0.1, -0.05) is 0 Å². The third-order valence-electron chi connectivity index (χ3n) is 5.40. The van der Waals surface area contributed by atoms with Gasteiger partial charge in [-0.05, 0) is 44.4 Å². The standard InChI is InChI=1S/C18H22N8/c1-13-19-8-5-15(20-13)25-11-6-14(7-12-25)18-22-21-16-3-4-17(23-26(16)18)24-9-2-10-24/h3-5,8,14H,2,6-7,9-12H2,1H3. The van der Waals surface area contributed by atoms with Crippen molar-refractivity contribution < 1.29 is 0 Å². The fourth-order valence-electron chi connectivity index (χ4n) is 3.75. The van der Waals surface area contributed by atoms with Gasteiger partial charge < -0.3 is 9.80 Å². The molecule has 3 aromatic rings. The lowest BCUT2D eigenvalue weighted by atomic mass is 9.96. The lowest BCUT2D eigenvalue weighted by Crippen LogP contribution is -2.38. The van der Waals surface area contributed by atoms with Gasteiger partial charge in [-0.3, -0.25) is 0 Å². The number of piperidine rings is 1. The van der Waals surface area contributed by atoms with Crippen LogP contribution in [0.3, 0.4) is 0 Å². The predicted octanol–water partition coefficient (Wildman–Crippen LogP) is 1.82. The lowest BCUT2D eigenvalue weighted by molar-refractivity contribution is 0.474. The molecule has 2 aliphatic rings. The van der Waals surface area contributed by atoms with Gasteiger partial charge >= 0.3 is 0 Å². The van der Waals surface area contributed by atoms with Crippen molar-refractivity contribution >= 4 is 17.3 Å². The third-order valence-corrected chi connectivity index (χ3v) is 5.40. The molecule has 2 fully saturated rings. The highest BCUT2D eigenvalue weighted by molar-refractivity contribution is 5.47. The molecule has 3 aromatic heterocycles. The summed E-state index contributed by atoms with van der Waals surface area (Å²) in [6, 6.07) is 6.06. The van der Waals surface area contributed by atoms with Crippen LogP contribution in [0.4, 0.5) is 11.6 Å². The number of nitrogens with zero attached hydrogens (tertiary/aromatic N) is 8. The quantitative estimate of drug-likeness (QED) is 0.713. The zero-order valence-electron chi connectivity index (χ0n) is 14.9. The van der Waals surface area contributed by atoms with Crippen LogP contribution >= 0.6 is 0 Å². The van der Waals surface area contributed by atoms with E-state index in [9.17, 15) is 0 Å². The molecule has 134 valence electrons. The van der Waals surface area contributed by atoms with Crippen LogP contribution in [-0.2, 0) is 0 Å². The summed E-state index contributed by atoms with van der Waals surface area (Å²) in [6.45, 7) is 6.03. The van der Waals surface area contributed by atoms with E-state index in [1.165, 1.54) is 6.42 Å². The summed E-state index contributed by atoms with van der Waals surface area (Å²) < 4.78 is 1.95. The SMILES string of the molecule is Cc1nccc(N2CCC(c3nnc4ccc(N5CCC5)nn34)CC2)n1. The first-order chi connectivity index (χ1) is 12.8. The Labute approximate surface area is 151 Å². The summed E-state index contributed by atoms with van der Waals surface area (Å²) in [5.74, 6) is 4.22. The molecule has 2 aliphatic heterocycles. The van der Waals surface area contributed by atoms with Gasteiger partial charge in [0.15, 0.2) is 11.5 Å². The molecule has 2 saturated heterocycles. The van der Waals surface area contributed by atoms with E-state index >= 15 is 0 Å². The summed E-state index contributed by atoms with van der Waals surface area (Å²) in [7, 11) is 0. The molecule has 8 nitrogen and oxygen atoms in total. The normalized spacial score (nSPS) is 18.3. The first-order valence-corrected chi connectivity index (χ1v) is 9.30. The van der Waals surface area contributed by atoms with Crippen molar-refractivity contribution in [2.24, 2.45) is 0 Å². The molecule has 0 atom stereocenters. The van der Waals surface area contributed by atoms with Crippen molar-refractivity contribution in [2.45, 2.75) is 32.1 Å². The summed E-state index contributed by atoms with van der Waals surface area (Å²) in [4.78, 5) is 13.4. The van der Waals surface area contributed by atoms with E-state index in [2.05, 4.69) is 30.0 Å². The van der Waals surface area contributed by atoms with Gasteiger partial charge in [0.25, 0.3) is 0 Å². The number of aryl methyl sites for hydroxylation is 1. The van der Waals surface area contributed by atoms with E-state index in [0.717, 1.165) is 68.0 Å². The van der Waals surface area contributed by atoms with E-state index in [0.29, 0.717) is 5.92 Å². The lowest BCUT2D eigenvalue weighted by Gasteiger charge is -2.32. The largest absolute Gasteiger partial charge is 0.356 e. The van der Waals surface area contributed by atoms with Crippen molar-refractivity contribution in [3.8, 4) is 0 Å². The van der Waals surface area contributed by atoms with Crippen molar-refractivity contribution in [1.82, 2.24) is 29.8 Å². The highest BCUT2D eigenvalue weighted by atomic mass is 15.4. The Balaban J connectivity index is 1.36. The van der Waals surface area contributed by atoms with E-state index < -0.39 is 0 Å².